The average Bonchev–Trinajstić information content (AvgIpc) is 4.01. The molecule has 0 aliphatic heterocycles. The molecule has 8 heteroatoms. The third kappa shape index (κ3) is 13.6. The van der Waals surface area contributed by atoms with Crippen LogP contribution in [0.25, 0.3) is 44.8 Å². The fourth-order valence-corrected chi connectivity index (χ4v) is 8.35. The molecule has 0 radical (unpaired) electrons. The quantitative estimate of drug-likeness (QED) is 0.0344. The van der Waals surface area contributed by atoms with Gasteiger partial charge >= 0.3 is 0 Å². The van der Waals surface area contributed by atoms with Crippen LogP contribution in [-0.4, -0.2) is 31.7 Å². The first-order chi connectivity index (χ1) is 33.6. The van der Waals surface area contributed by atoms with Crippen molar-refractivity contribution in [2.45, 2.75) is 104 Å². The van der Waals surface area contributed by atoms with Crippen molar-refractivity contribution < 1.29 is 0 Å². The Hall–Kier alpha value is -7.32. The van der Waals surface area contributed by atoms with Crippen LogP contribution in [-0.2, 0) is 12.8 Å². The van der Waals surface area contributed by atoms with Gasteiger partial charge in [0.15, 0.2) is 0 Å². The zero-order chi connectivity index (χ0) is 46.6. The number of hydrogen-bond donors (Lipinski definition) is 0. The summed E-state index contributed by atoms with van der Waals surface area (Å²) >= 11 is 0. The highest BCUT2D eigenvalue weighted by molar-refractivity contribution is 5.80. The normalized spacial score (nSPS) is 11.7. The van der Waals surface area contributed by atoms with Crippen molar-refractivity contribution in [3.63, 3.8) is 0 Å². The SMILES string of the molecule is CCCCCCCCc1ccc(-c2ccc(-c3cn(/N=C/c4ccccc4)c(N=Nc4nc(-c5ccc(-c6ccc(CCCCCCCC)cc6)cc5)cn4/N=C/c4ccccc4)n3)cc2)cc1. The van der Waals surface area contributed by atoms with Crippen molar-refractivity contribution in [3.05, 3.63) is 192 Å². The highest BCUT2D eigenvalue weighted by Gasteiger charge is 2.14. The van der Waals surface area contributed by atoms with Crippen LogP contribution in [0.15, 0.2) is 191 Å². The molecule has 0 amide bonds. The summed E-state index contributed by atoms with van der Waals surface area (Å²) in [5.41, 5.74) is 12.7. The number of azo groups is 1. The summed E-state index contributed by atoms with van der Waals surface area (Å²) in [4.78, 5) is 9.89. The Balaban J connectivity index is 1.02. The standard InChI is InChI=1S/C60H64N8/c1-3-5-7-9-11-15-21-47-27-31-51(32-28-47)53-35-39-55(40-36-53)57-45-67(61-43-49-23-17-13-18-24-49)59(63-57)65-66-60-64-58(46-68(60)62-44-50-25-19-14-20-26-50)56-41-37-54(38-42-56)52-33-29-48(30-34-52)22-16-12-10-8-6-4-2/h13-14,17-20,23-46H,3-12,15-16,21-22H2,1-2H3/b61-43+,62-44+,66-65?. The summed E-state index contributed by atoms with van der Waals surface area (Å²) in [6.07, 6.45) is 25.4. The summed E-state index contributed by atoms with van der Waals surface area (Å²) in [5, 5.41) is 18.9. The van der Waals surface area contributed by atoms with Crippen LogP contribution in [0.4, 0.5) is 11.9 Å². The van der Waals surface area contributed by atoms with E-state index in [2.05, 4.69) is 121 Å². The maximum absolute atomic E-state index is 4.95. The number of nitrogens with zero attached hydrogens (tertiary/aromatic N) is 8. The summed E-state index contributed by atoms with van der Waals surface area (Å²) < 4.78 is 3.31. The van der Waals surface area contributed by atoms with E-state index in [1.165, 1.54) is 99.3 Å². The number of unbranched alkanes of at least 4 members (excludes halogenated alkanes) is 10. The fraction of sp³-hybridized carbons (Fsp3) is 0.267. The minimum Gasteiger partial charge on any atom is -0.208 e. The maximum Gasteiger partial charge on any atom is 0.270 e. The Morgan fingerprint density at radius 2 is 0.691 bits per heavy atom. The highest BCUT2D eigenvalue weighted by Crippen LogP contribution is 2.30. The van der Waals surface area contributed by atoms with E-state index in [9.17, 15) is 0 Å². The van der Waals surface area contributed by atoms with Gasteiger partial charge in [0.05, 0.1) is 36.2 Å². The first-order valence-corrected chi connectivity index (χ1v) is 24.8. The molecule has 0 atom stereocenters. The van der Waals surface area contributed by atoms with Gasteiger partial charge in [-0.2, -0.15) is 10.2 Å². The molecule has 68 heavy (non-hydrogen) atoms. The molecule has 2 aromatic heterocycles. The van der Waals surface area contributed by atoms with Crippen molar-refractivity contribution >= 4 is 24.3 Å². The number of aryl methyl sites for hydroxylation is 2. The van der Waals surface area contributed by atoms with E-state index in [0.29, 0.717) is 11.9 Å². The van der Waals surface area contributed by atoms with Crippen LogP contribution >= 0.6 is 0 Å². The zero-order valence-corrected chi connectivity index (χ0v) is 39.8. The number of hydrogen-bond acceptors (Lipinski definition) is 6. The molecule has 0 unspecified atom stereocenters. The summed E-state index contributed by atoms with van der Waals surface area (Å²) in [7, 11) is 0. The molecule has 2 heterocycles. The van der Waals surface area contributed by atoms with Crippen molar-refractivity contribution in [2.75, 3.05) is 0 Å². The Labute approximate surface area is 403 Å². The second kappa shape index (κ2) is 25.0. The predicted molar refractivity (Wildman–Crippen MR) is 283 cm³/mol. The first kappa shape index (κ1) is 47.2. The van der Waals surface area contributed by atoms with Crippen molar-refractivity contribution in [3.8, 4) is 44.8 Å². The predicted octanol–water partition coefficient (Wildman–Crippen LogP) is 16.7. The van der Waals surface area contributed by atoms with Crippen molar-refractivity contribution in [1.82, 2.24) is 19.3 Å². The Morgan fingerprint density at radius 1 is 0.368 bits per heavy atom. The lowest BCUT2D eigenvalue weighted by Gasteiger charge is -2.06. The molecule has 0 saturated carbocycles. The molecule has 0 saturated heterocycles. The van der Waals surface area contributed by atoms with Crippen LogP contribution in [0.2, 0.25) is 0 Å². The van der Waals surface area contributed by atoms with Crippen LogP contribution in [0.3, 0.4) is 0 Å². The third-order valence-corrected chi connectivity index (χ3v) is 12.4. The van der Waals surface area contributed by atoms with Gasteiger partial charge in [-0.25, -0.2) is 19.3 Å². The molecule has 6 aromatic carbocycles. The van der Waals surface area contributed by atoms with E-state index < -0.39 is 0 Å². The second-order valence-corrected chi connectivity index (χ2v) is 17.6. The molecule has 0 fully saturated rings. The highest BCUT2D eigenvalue weighted by atomic mass is 15.5. The largest absolute Gasteiger partial charge is 0.270 e. The lowest BCUT2D eigenvalue weighted by molar-refractivity contribution is 0.607. The minimum atomic E-state index is 0.308. The molecule has 0 N–H and O–H groups in total. The molecule has 0 aliphatic rings. The molecule has 8 nitrogen and oxygen atoms in total. The molecular weight excluding hydrogens is 833 g/mol. The monoisotopic (exact) mass is 897 g/mol. The summed E-state index contributed by atoms with van der Waals surface area (Å²) in [6, 6.07) is 55.0. The Kier molecular flexibility index (Phi) is 17.3. The van der Waals surface area contributed by atoms with Crippen molar-refractivity contribution in [2.24, 2.45) is 20.4 Å². The molecule has 0 spiro atoms. The van der Waals surface area contributed by atoms with Gasteiger partial charge in [0.1, 0.15) is 0 Å². The smallest absolute Gasteiger partial charge is 0.208 e. The van der Waals surface area contributed by atoms with Gasteiger partial charge in [-0.3, -0.25) is 0 Å². The lowest BCUT2D eigenvalue weighted by atomic mass is 9.99. The van der Waals surface area contributed by atoms with E-state index in [1.807, 2.05) is 73.1 Å². The molecule has 0 aliphatic carbocycles. The number of aromatic nitrogens is 4. The minimum absolute atomic E-state index is 0.308. The van der Waals surface area contributed by atoms with E-state index in [-0.39, 0.29) is 0 Å². The van der Waals surface area contributed by atoms with Crippen LogP contribution < -0.4 is 0 Å². The van der Waals surface area contributed by atoms with Crippen LogP contribution in [0, 0.1) is 0 Å². The maximum atomic E-state index is 4.95. The van der Waals surface area contributed by atoms with Gasteiger partial charge in [0, 0.05) is 11.1 Å². The second-order valence-electron chi connectivity index (χ2n) is 17.6. The lowest BCUT2D eigenvalue weighted by Crippen LogP contribution is -1.90. The first-order valence-electron chi connectivity index (χ1n) is 24.8. The van der Waals surface area contributed by atoms with Crippen LogP contribution in [0.1, 0.15) is 113 Å². The van der Waals surface area contributed by atoms with Gasteiger partial charge in [-0.1, -0.05) is 236 Å². The van der Waals surface area contributed by atoms with Gasteiger partial charge < -0.3 is 0 Å². The summed E-state index contributed by atoms with van der Waals surface area (Å²) in [6.45, 7) is 4.54. The number of benzene rings is 6. The van der Waals surface area contributed by atoms with Gasteiger partial charge in [0.2, 0.25) is 0 Å². The third-order valence-electron chi connectivity index (χ3n) is 12.4. The van der Waals surface area contributed by atoms with E-state index >= 15 is 0 Å². The fourth-order valence-electron chi connectivity index (χ4n) is 8.35. The molecule has 0 bridgehead atoms. The number of imidazole rings is 2. The molecule has 8 rings (SSSR count). The average molecular weight is 897 g/mol. The van der Waals surface area contributed by atoms with Gasteiger partial charge in [-0.15, -0.1) is 10.2 Å². The Morgan fingerprint density at radius 3 is 1.06 bits per heavy atom. The molecule has 8 aromatic rings. The Bertz CT molecular complexity index is 2620. The van der Waals surface area contributed by atoms with E-state index in [1.54, 1.807) is 21.8 Å². The zero-order valence-electron chi connectivity index (χ0n) is 39.8. The van der Waals surface area contributed by atoms with Crippen LogP contribution in [0.5, 0.6) is 0 Å². The van der Waals surface area contributed by atoms with Crippen molar-refractivity contribution in [1.29, 1.82) is 0 Å². The van der Waals surface area contributed by atoms with E-state index in [0.717, 1.165) is 57.6 Å². The molecular formula is C60H64N8. The molecule has 344 valence electrons. The van der Waals surface area contributed by atoms with Gasteiger partial charge in [-0.05, 0) is 70.2 Å². The summed E-state index contributed by atoms with van der Waals surface area (Å²) in [5.74, 6) is 0.616. The topological polar surface area (TPSA) is 85.1 Å². The van der Waals surface area contributed by atoms with Gasteiger partial charge in [0.25, 0.3) is 11.9 Å². The van der Waals surface area contributed by atoms with E-state index in [4.69, 9.17) is 20.2 Å². The number of rotatable bonds is 24.